The number of nitrogens with zero attached hydrogens (tertiary/aromatic N) is 2. The molecule has 1 unspecified atom stereocenters. The van der Waals surface area contributed by atoms with Crippen LogP contribution in [0.1, 0.15) is 183 Å². The van der Waals surface area contributed by atoms with Gasteiger partial charge < -0.3 is 19.7 Å². The zero-order valence-corrected chi connectivity index (χ0v) is 38.8. The van der Waals surface area contributed by atoms with Gasteiger partial charge in [-0.05, 0) is 165 Å². The average Bonchev–Trinajstić information content (AvgIpc) is 3.07. The smallest absolute Gasteiger partial charge is 0.324 e. The third kappa shape index (κ3) is 9.53. The Morgan fingerprint density at radius 3 is 1.65 bits per heavy atom. The van der Waals surface area contributed by atoms with E-state index in [1.54, 1.807) is 18.2 Å². The summed E-state index contributed by atoms with van der Waals surface area (Å²) in [5, 5.41) is 22.1. The number of likely N-dealkylation sites (tertiary alicyclic amines) is 2. The predicted molar refractivity (Wildman–Crippen MR) is 232 cm³/mol. The predicted octanol–water partition coefficient (Wildman–Crippen LogP) is 10.9. The van der Waals surface area contributed by atoms with Gasteiger partial charge in [0.15, 0.2) is 5.41 Å². The van der Waals surface area contributed by atoms with Gasteiger partial charge in [0.1, 0.15) is 24.7 Å². The van der Waals surface area contributed by atoms with Crippen molar-refractivity contribution in [1.29, 1.82) is 0 Å². The van der Waals surface area contributed by atoms with Gasteiger partial charge in [-0.15, -0.1) is 0 Å². The third-order valence-electron chi connectivity index (χ3n) is 14.0. The molecule has 320 valence electrons. The van der Waals surface area contributed by atoms with Crippen LogP contribution in [0.15, 0.2) is 30.3 Å². The molecule has 2 aliphatic heterocycles. The average molecular weight is 791 g/mol. The van der Waals surface area contributed by atoms with Crippen molar-refractivity contribution < 1.29 is 29.3 Å². The molecular formula is C49H78N2O6. The van der Waals surface area contributed by atoms with Crippen LogP contribution in [0, 0.1) is 11.3 Å². The highest BCUT2D eigenvalue weighted by Gasteiger charge is 2.59. The number of rotatable bonds is 11. The normalized spacial score (nSPS) is 21.5. The highest BCUT2D eigenvalue weighted by Crippen LogP contribution is 2.52. The Labute approximate surface area is 346 Å². The Balaban J connectivity index is 1.84. The molecule has 2 saturated heterocycles. The van der Waals surface area contributed by atoms with Crippen molar-refractivity contribution in [1.82, 2.24) is 9.80 Å². The first-order chi connectivity index (χ1) is 25.9. The number of phenols is 2. The van der Waals surface area contributed by atoms with Crippen LogP contribution in [-0.2, 0) is 43.1 Å². The van der Waals surface area contributed by atoms with Gasteiger partial charge in [0, 0.05) is 27.7 Å². The Morgan fingerprint density at radius 1 is 0.702 bits per heavy atom. The van der Waals surface area contributed by atoms with Gasteiger partial charge in [-0.2, -0.15) is 0 Å². The molecule has 0 saturated carbocycles. The maximum absolute atomic E-state index is 15.3. The summed E-state index contributed by atoms with van der Waals surface area (Å²) < 4.78 is 12.8. The van der Waals surface area contributed by atoms with Crippen molar-refractivity contribution in [3.63, 3.8) is 0 Å². The fourth-order valence-electron chi connectivity index (χ4n) is 10.4. The summed E-state index contributed by atoms with van der Waals surface area (Å²) in [7, 11) is 4.32. The molecule has 57 heavy (non-hydrogen) atoms. The van der Waals surface area contributed by atoms with Crippen molar-refractivity contribution in [2.75, 3.05) is 14.1 Å². The molecule has 0 aromatic heterocycles. The van der Waals surface area contributed by atoms with Gasteiger partial charge in [-0.1, -0.05) is 73.4 Å². The number of carbonyl (C=O) groups excluding carboxylic acids is 2. The van der Waals surface area contributed by atoms with Gasteiger partial charge in [0.05, 0.1) is 0 Å². The fourth-order valence-corrected chi connectivity index (χ4v) is 10.4. The van der Waals surface area contributed by atoms with Crippen LogP contribution in [0.4, 0.5) is 0 Å². The quantitative estimate of drug-likeness (QED) is 0.171. The van der Waals surface area contributed by atoms with Crippen LogP contribution in [0.5, 0.6) is 11.5 Å². The Kier molecular flexibility index (Phi) is 13.2. The Bertz CT molecular complexity index is 1740. The number of esters is 2. The summed E-state index contributed by atoms with van der Waals surface area (Å²) >= 11 is 0. The van der Waals surface area contributed by atoms with Gasteiger partial charge >= 0.3 is 11.9 Å². The van der Waals surface area contributed by atoms with E-state index < -0.39 is 17.4 Å². The Morgan fingerprint density at radius 2 is 1.18 bits per heavy atom. The molecule has 0 spiro atoms. The fraction of sp³-hybridized carbons (Fsp3) is 0.714. The van der Waals surface area contributed by atoms with E-state index in [4.69, 9.17) is 9.47 Å². The first kappa shape index (κ1) is 46.6. The Hall–Kier alpha value is -3.10. The summed E-state index contributed by atoms with van der Waals surface area (Å²) in [5.74, 6) is -0.867. The number of hydrogen-bond acceptors (Lipinski definition) is 8. The standard InChI is InChI=1S/C49H78N2O6/c1-18-19-24-49(35-28-47(12,13)51(17)48(14,15)29-35,41(54)56-30-32-20-22-37(52)36(25-32)43(2,3)4)42(55)57-31-33-21-23-38(53)40(44(5,6)7)39(33)34-26-45(8,9)50(16)46(10,11)27-34/h20-23,25,34-35,52-53H,18-19,24,26-31H2,1-17H3. The summed E-state index contributed by atoms with van der Waals surface area (Å²) in [6.07, 6.45) is 4.76. The number of hydrogen-bond donors (Lipinski definition) is 2. The van der Waals surface area contributed by atoms with Crippen molar-refractivity contribution in [3.8, 4) is 11.5 Å². The zero-order chi connectivity index (χ0) is 43.3. The van der Waals surface area contributed by atoms with Gasteiger partial charge in [-0.3, -0.25) is 19.4 Å². The minimum absolute atomic E-state index is 0.0157. The maximum Gasteiger partial charge on any atom is 0.324 e. The second-order valence-corrected chi connectivity index (χ2v) is 22.2. The summed E-state index contributed by atoms with van der Waals surface area (Å²) in [6, 6.07) is 8.97. The van der Waals surface area contributed by atoms with E-state index in [2.05, 4.69) is 107 Å². The molecule has 4 rings (SSSR count). The van der Waals surface area contributed by atoms with E-state index in [1.807, 2.05) is 32.9 Å². The molecule has 8 heteroatoms. The van der Waals surface area contributed by atoms with Crippen LogP contribution >= 0.6 is 0 Å². The first-order valence-corrected chi connectivity index (χ1v) is 21.4. The van der Waals surface area contributed by atoms with Crippen molar-refractivity contribution in [3.05, 3.63) is 58.1 Å². The number of unbranched alkanes of at least 4 members (excludes halogenated alkanes) is 1. The number of piperidine rings is 2. The van der Waals surface area contributed by atoms with Crippen LogP contribution in [0.25, 0.3) is 0 Å². The molecule has 1 atom stereocenters. The minimum atomic E-state index is -1.54. The lowest BCUT2D eigenvalue weighted by Gasteiger charge is -2.56. The van der Waals surface area contributed by atoms with Crippen molar-refractivity contribution >= 4 is 11.9 Å². The number of aromatic hydroxyl groups is 2. The lowest BCUT2D eigenvalue weighted by molar-refractivity contribution is -0.186. The third-order valence-corrected chi connectivity index (χ3v) is 14.0. The van der Waals surface area contributed by atoms with Crippen LogP contribution in [0.3, 0.4) is 0 Å². The van der Waals surface area contributed by atoms with Crippen molar-refractivity contribution in [2.24, 2.45) is 11.3 Å². The van der Waals surface area contributed by atoms with Crippen LogP contribution in [0.2, 0.25) is 0 Å². The number of carbonyl (C=O) groups is 2. The van der Waals surface area contributed by atoms with Gasteiger partial charge in [0.2, 0.25) is 0 Å². The van der Waals surface area contributed by atoms with Crippen LogP contribution in [-0.4, -0.2) is 68.2 Å². The minimum Gasteiger partial charge on any atom is -0.508 e. The molecular weight excluding hydrogens is 713 g/mol. The molecule has 0 aliphatic carbocycles. The molecule has 0 bridgehead atoms. The number of phenolic OH excluding ortho intramolecular Hbond substituents is 2. The SMILES string of the molecule is CCCCC(C(=O)OCc1ccc(O)c(C(C)(C)C)c1)(C(=O)OCc1ccc(O)c(C(C)(C)C)c1C1CC(C)(C)N(C)C(C)(C)C1)C1CC(C)(C)N(C)C(C)(C)C1. The number of benzene rings is 2. The second-order valence-electron chi connectivity index (χ2n) is 22.2. The molecule has 2 aromatic carbocycles. The van der Waals surface area contributed by atoms with E-state index in [1.165, 1.54) is 0 Å². The number of ether oxygens (including phenoxy) is 2. The lowest BCUT2D eigenvalue weighted by Crippen LogP contribution is -2.63. The summed E-state index contributed by atoms with van der Waals surface area (Å²) in [4.78, 5) is 35.2. The van der Waals surface area contributed by atoms with E-state index in [9.17, 15) is 10.2 Å². The molecule has 0 radical (unpaired) electrons. The molecule has 2 heterocycles. The monoisotopic (exact) mass is 791 g/mol. The van der Waals surface area contributed by atoms with E-state index in [0.29, 0.717) is 25.7 Å². The first-order valence-electron chi connectivity index (χ1n) is 21.4. The van der Waals surface area contributed by atoms with Crippen molar-refractivity contribution in [2.45, 2.75) is 201 Å². The van der Waals surface area contributed by atoms with E-state index in [-0.39, 0.29) is 69.5 Å². The molecule has 0 amide bonds. The lowest BCUT2D eigenvalue weighted by atomic mass is 9.61. The molecule has 8 nitrogen and oxygen atoms in total. The largest absolute Gasteiger partial charge is 0.508 e. The van der Waals surface area contributed by atoms with E-state index in [0.717, 1.165) is 47.1 Å². The maximum atomic E-state index is 15.3. The molecule has 2 N–H and O–H groups in total. The van der Waals surface area contributed by atoms with Crippen LogP contribution < -0.4 is 0 Å². The highest BCUT2D eigenvalue weighted by molar-refractivity contribution is 6.00. The topological polar surface area (TPSA) is 99.5 Å². The van der Waals surface area contributed by atoms with E-state index >= 15 is 9.59 Å². The zero-order valence-electron chi connectivity index (χ0n) is 38.8. The van der Waals surface area contributed by atoms with Gasteiger partial charge in [0.25, 0.3) is 0 Å². The summed E-state index contributed by atoms with van der Waals surface area (Å²) in [5.41, 5.74) is 1.25. The second kappa shape index (κ2) is 16.2. The molecule has 2 aliphatic rings. The molecule has 2 aromatic rings. The van der Waals surface area contributed by atoms with Gasteiger partial charge in [-0.25, -0.2) is 0 Å². The molecule has 2 fully saturated rings. The highest BCUT2D eigenvalue weighted by atomic mass is 16.6. The summed E-state index contributed by atoms with van der Waals surface area (Å²) in [6.45, 7) is 32.4.